The average molecular weight is 281 g/mol. The Morgan fingerprint density at radius 1 is 1.10 bits per heavy atom. The molecule has 0 aliphatic heterocycles. The molecule has 0 saturated carbocycles. The van der Waals surface area contributed by atoms with Crippen LogP contribution in [-0.2, 0) is 0 Å². The number of carbonyl (C=O) groups is 1. The number of anilines is 2. The van der Waals surface area contributed by atoms with Crippen LogP contribution in [0.15, 0.2) is 54.6 Å². The lowest BCUT2D eigenvalue weighted by Crippen LogP contribution is -2.13. The fraction of sp³-hybridized carbons (Fsp3) is 0. The summed E-state index contributed by atoms with van der Waals surface area (Å²) >= 11 is 0. The summed E-state index contributed by atoms with van der Waals surface area (Å²) in [5.74, 6) is -0.886. The Labute approximate surface area is 120 Å². The highest BCUT2D eigenvalue weighted by molar-refractivity contribution is 6.04. The average Bonchev–Trinajstić information content (AvgIpc) is 2.50. The zero-order valence-corrected chi connectivity index (χ0v) is 11.0. The van der Waals surface area contributed by atoms with Crippen LogP contribution in [0.5, 0.6) is 0 Å². The molecule has 21 heavy (non-hydrogen) atoms. The molecule has 0 atom stereocenters. The Morgan fingerprint density at radius 3 is 2.71 bits per heavy atom. The quantitative estimate of drug-likeness (QED) is 0.709. The van der Waals surface area contributed by atoms with Crippen molar-refractivity contribution in [2.75, 3.05) is 11.1 Å². The summed E-state index contributed by atoms with van der Waals surface area (Å²) < 4.78 is 13.1. The third-order valence-corrected chi connectivity index (χ3v) is 3.08. The van der Waals surface area contributed by atoms with Gasteiger partial charge in [-0.2, -0.15) is 0 Å². The van der Waals surface area contributed by atoms with E-state index >= 15 is 0 Å². The van der Waals surface area contributed by atoms with Gasteiger partial charge in [-0.25, -0.2) is 9.37 Å². The van der Waals surface area contributed by atoms with Gasteiger partial charge >= 0.3 is 0 Å². The van der Waals surface area contributed by atoms with Crippen molar-refractivity contribution in [2.45, 2.75) is 0 Å². The van der Waals surface area contributed by atoms with Crippen molar-refractivity contribution in [3.05, 3.63) is 66.1 Å². The molecule has 2 aromatic carbocycles. The Bertz CT molecular complexity index is 833. The van der Waals surface area contributed by atoms with Gasteiger partial charge in [0.1, 0.15) is 11.5 Å². The lowest BCUT2D eigenvalue weighted by atomic mass is 10.2. The molecule has 104 valence electrons. The first kappa shape index (κ1) is 13.1. The second-order valence-electron chi connectivity index (χ2n) is 4.58. The van der Waals surface area contributed by atoms with Crippen LogP contribution in [0.3, 0.4) is 0 Å². The Kier molecular flexibility index (Phi) is 3.23. The Morgan fingerprint density at radius 2 is 1.90 bits per heavy atom. The number of fused-ring (bicyclic) bond motifs is 1. The molecule has 0 radical (unpaired) electrons. The molecule has 0 aliphatic rings. The van der Waals surface area contributed by atoms with E-state index in [4.69, 9.17) is 5.73 Å². The standard InChI is InChI=1S/C16H12FN3O/c17-12-7-6-11(9-13(12)18)19-16(21)15-8-5-10-3-1-2-4-14(10)20-15/h1-9H,18H2,(H,19,21). The minimum atomic E-state index is -0.517. The zero-order chi connectivity index (χ0) is 14.8. The Hall–Kier alpha value is -2.95. The normalized spacial score (nSPS) is 10.5. The van der Waals surface area contributed by atoms with E-state index in [9.17, 15) is 9.18 Å². The molecule has 5 heteroatoms. The number of amides is 1. The second kappa shape index (κ2) is 5.20. The minimum absolute atomic E-state index is 0.0146. The maximum atomic E-state index is 13.1. The first-order chi connectivity index (χ1) is 10.1. The number of benzene rings is 2. The van der Waals surface area contributed by atoms with Crippen LogP contribution in [0, 0.1) is 5.82 Å². The van der Waals surface area contributed by atoms with Crippen LogP contribution in [0.1, 0.15) is 10.5 Å². The van der Waals surface area contributed by atoms with Gasteiger partial charge in [0.05, 0.1) is 11.2 Å². The number of hydrogen-bond acceptors (Lipinski definition) is 3. The van der Waals surface area contributed by atoms with E-state index in [1.807, 2.05) is 30.3 Å². The van der Waals surface area contributed by atoms with Crippen molar-refractivity contribution in [3.8, 4) is 0 Å². The maximum absolute atomic E-state index is 13.1. The van der Waals surface area contributed by atoms with Gasteiger partial charge in [-0.1, -0.05) is 24.3 Å². The van der Waals surface area contributed by atoms with Crippen molar-refractivity contribution in [3.63, 3.8) is 0 Å². The molecular formula is C16H12FN3O. The van der Waals surface area contributed by atoms with Gasteiger partial charge < -0.3 is 11.1 Å². The van der Waals surface area contributed by atoms with Crippen molar-refractivity contribution in [2.24, 2.45) is 0 Å². The number of rotatable bonds is 2. The zero-order valence-electron chi connectivity index (χ0n) is 11.0. The molecule has 0 saturated heterocycles. The SMILES string of the molecule is Nc1cc(NC(=O)c2ccc3ccccc3n2)ccc1F. The van der Waals surface area contributed by atoms with Crippen molar-refractivity contribution >= 4 is 28.2 Å². The predicted molar refractivity (Wildman–Crippen MR) is 80.5 cm³/mol. The number of hydrogen-bond donors (Lipinski definition) is 2. The van der Waals surface area contributed by atoms with Gasteiger partial charge in [0.2, 0.25) is 0 Å². The highest BCUT2D eigenvalue weighted by Gasteiger charge is 2.09. The summed E-state index contributed by atoms with van der Waals surface area (Å²) in [5, 5.41) is 3.60. The van der Waals surface area contributed by atoms with E-state index in [1.165, 1.54) is 18.2 Å². The van der Waals surface area contributed by atoms with Crippen molar-refractivity contribution < 1.29 is 9.18 Å². The molecule has 0 unspecified atom stereocenters. The van der Waals surface area contributed by atoms with Gasteiger partial charge in [-0.3, -0.25) is 4.79 Å². The van der Waals surface area contributed by atoms with Crippen molar-refractivity contribution in [1.82, 2.24) is 4.98 Å². The monoisotopic (exact) mass is 281 g/mol. The molecule has 0 aliphatic carbocycles. The van der Waals surface area contributed by atoms with Crippen molar-refractivity contribution in [1.29, 1.82) is 0 Å². The van der Waals surface area contributed by atoms with Crippen LogP contribution in [0.4, 0.5) is 15.8 Å². The first-order valence-electron chi connectivity index (χ1n) is 6.36. The second-order valence-corrected chi connectivity index (χ2v) is 4.58. The van der Waals surface area contributed by atoms with Crippen LogP contribution in [0.25, 0.3) is 10.9 Å². The van der Waals surface area contributed by atoms with E-state index in [2.05, 4.69) is 10.3 Å². The molecule has 3 rings (SSSR count). The molecule has 1 aromatic heterocycles. The van der Waals surface area contributed by atoms with Gasteiger partial charge in [0, 0.05) is 11.1 Å². The lowest BCUT2D eigenvalue weighted by Gasteiger charge is -2.07. The summed E-state index contributed by atoms with van der Waals surface area (Å²) in [6.07, 6.45) is 0. The maximum Gasteiger partial charge on any atom is 0.274 e. The molecule has 3 aromatic rings. The topological polar surface area (TPSA) is 68.0 Å². The number of pyridine rings is 1. The van der Waals surface area contributed by atoms with Gasteiger partial charge in [-0.15, -0.1) is 0 Å². The van der Waals surface area contributed by atoms with Crippen LogP contribution in [-0.4, -0.2) is 10.9 Å². The van der Waals surface area contributed by atoms with E-state index < -0.39 is 5.82 Å². The number of nitrogens with two attached hydrogens (primary N) is 1. The summed E-state index contributed by atoms with van der Waals surface area (Å²) in [6, 6.07) is 15.0. The number of nitrogens with zero attached hydrogens (tertiary/aromatic N) is 1. The van der Waals surface area contributed by atoms with E-state index in [-0.39, 0.29) is 17.3 Å². The third kappa shape index (κ3) is 2.67. The molecule has 0 fully saturated rings. The van der Waals surface area contributed by atoms with Gasteiger partial charge in [0.15, 0.2) is 0 Å². The fourth-order valence-electron chi connectivity index (χ4n) is 2.01. The van der Waals surface area contributed by atoms with Crippen LogP contribution in [0.2, 0.25) is 0 Å². The highest BCUT2D eigenvalue weighted by atomic mass is 19.1. The molecular weight excluding hydrogens is 269 g/mol. The molecule has 4 nitrogen and oxygen atoms in total. The number of aromatic nitrogens is 1. The van der Waals surface area contributed by atoms with E-state index in [1.54, 1.807) is 6.07 Å². The highest BCUT2D eigenvalue weighted by Crippen LogP contribution is 2.17. The number of nitrogen functional groups attached to an aromatic ring is 1. The van der Waals surface area contributed by atoms with E-state index in [0.717, 1.165) is 10.9 Å². The lowest BCUT2D eigenvalue weighted by molar-refractivity contribution is 0.102. The molecule has 1 amide bonds. The smallest absolute Gasteiger partial charge is 0.274 e. The number of carbonyl (C=O) groups excluding carboxylic acids is 1. The number of halogens is 1. The number of para-hydroxylation sites is 1. The van der Waals surface area contributed by atoms with Gasteiger partial charge in [-0.05, 0) is 30.3 Å². The summed E-state index contributed by atoms with van der Waals surface area (Å²) in [6.45, 7) is 0. The summed E-state index contributed by atoms with van der Waals surface area (Å²) in [4.78, 5) is 16.4. The summed E-state index contributed by atoms with van der Waals surface area (Å²) in [7, 11) is 0. The Balaban J connectivity index is 1.87. The largest absolute Gasteiger partial charge is 0.396 e. The predicted octanol–water partition coefficient (Wildman–Crippen LogP) is 3.21. The molecule has 0 spiro atoms. The molecule has 1 heterocycles. The first-order valence-corrected chi connectivity index (χ1v) is 6.36. The van der Waals surface area contributed by atoms with Crippen LogP contribution < -0.4 is 11.1 Å². The molecule has 3 N–H and O–H groups in total. The molecule has 0 bridgehead atoms. The third-order valence-electron chi connectivity index (χ3n) is 3.08. The van der Waals surface area contributed by atoms with Gasteiger partial charge in [0.25, 0.3) is 5.91 Å². The van der Waals surface area contributed by atoms with E-state index in [0.29, 0.717) is 5.69 Å². The number of nitrogens with one attached hydrogen (secondary N) is 1. The fourth-order valence-corrected chi connectivity index (χ4v) is 2.01. The van der Waals surface area contributed by atoms with Crippen LogP contribution >= 0.6 is 0 Å². The summed E-state index contributed by atoms with van der Waals surface area (Å²) in [5.41, 5.74) is 6.91. The minimum Gasteiger partial charge on any atom is -0.396 e.